The maximum atomic E-state index is 12.3. The fraction of sp³-hybridized carbons (Fsp3) is 0.100. The van der Waals surface area contributed by atoms with Crippen LogP contribution in [0.2, 0.25) is 0 Å². The van der Waals surface area contributed by atoms with E-state index in [1.165, 1.54) is 10.9 Å². The summed E-state index contributed by atoms with van der Waals surface area (Å²) in [5, 5.41) is 8.42. The fourth-order valence-corrected chi connectivity index (χ4v) is 2.91. The Kier molecular flexibility index (Phi) is 4.04. The summed E-state index contributed by atoms with van der Waals surface area (Å²) < 4.78 is 1.70. The van der Waals surface area contributed by atoms with E-state index in [1.54, 1.807) is 17.1 Å². The van der Waals surface area contributed by atoms with Gasteiger partial charge in [0, 0.05) is 29.8 Å². The highest BCUT2D eigenvalue weighted by molar-refractivity contribution is 5.93. The molecule has 124 valence electrons. The van der Waals surface area contributed by atoms with Gasteiger partial charge >= 0.3 is 0 Å². The van der Waals surface area contributed by atoms with Gasteiger partial charge in [0.1, 0.15) is 0 Å². The molecule has 0 radical (unpaired) electrons. The number of H-pyrrole nitrogens is 1. The Hall–Kier alpha value is -3.34. The Labute approximate surface area is 145 Å². The van der Waals surface area contributed by atoms with Crippen LogP contribution in [0.4, 0.5) is 0 Å². The molecule has 1 amide bonds. The number of aromatic amines is 1. The van der Waals surface area contributed by atoms with E-state index in [4.69, 9.17) is 0 Å². The minimum absolute atomic E-state index is 0.109. The number of amides is 1. The van der Waals surface area contributed by atoms with Gasteiger partial charge in [-0.25, -0.2) is 4.68 Å². The van der Waals surface area contributed by atoms with Crippen LogP contribution >= 0.6 is 0 Å². The number of hydrogen-bond donors (Lipinski definition) is 2. The number of nitrogens with zero attached hydrogens (tertiary/aromatic N) is 2. The van der Waals surface area contributed by atoms with Crippen molar-refractivity contribution in [1.82, 2.24) is 20.1 Å². The maximum absolute atomic E-state index is 12.3. The smallest absolute Gasteiger partial charge is 0.254 e. The lowest BCUT2D eigenvalue weighted by Gasteiger charge is -2.03. The summed E-state index contributed by atoms with van der Waals surface area (Å²) in [5.41, 5.74) is 3.81. The highest BCUT2D eigenvalue weighted by Crippen LogP contribution is 2.17. The SMILES string of the molecule is O=C(NCCc1c[nH]c2ccccc12)c1cnn(-c2ccccc2)c1. The summed E-state index contributed by atoms with van der Waals surface area (Å²) in [5.74, 6) is -0.109. The lowest BCUT2D eigenvalue weighted by atomic mass is 10.1. The number of carbonyl (C=O) groups is 1. The minimum atomic E-state index is -0.109. The highest BCUT2D eigenvalue weighted by atomic mass is 16.1. The number of nitrogens with one attached hydrogen (secondary N) is 2. The fourth-order valence-electron chi connectivity index (χ4n) is 2.91. The molecule has 0 spiro atoms. The second-order valence-corrected chi connectivity index (χ2v) is 5.87. The monoisotopic (exact) mass is 330 g/mol. The van der Waals surface area contributed by atoms with Crippen molar-refractivity contribution in [3.63, 3.8) is 0 Å². The molecular formula is C20H18N4O. The lowest BCUT2D eigenvalue weighted by molar-refractivity contribution is 0.0954. The molecule has 0 saturated heterocycles. The van der Waals surface area contributed by atoms with Crippen molar-refractivity contribution in [1.29, 1.82) is 0 Å². The molecular weight excluding hydrogens is 312 g/mol. The van der Waals surface area contributed by atoms with Gasteiger partial charge in [-0.2, -0.15) is 5.10 Å². The Morgan fingerprint density at radius 3 is 2.76 bits per heavy atom. The minimum Gasteiger partial charge on any atom is -0.361 e. The third-order valence-corrected chi connectivity index (χ3v) is 4.22. The molecule has 2 aromatic carbocycles. The van der Waals surface area contributed by atoms with Crippen LogP contribution in [0.1, 0.15) is 15.9 Å². The molecule has 5 heteroatoms. The van der Waals surface area contributed by atoms with Crippen LogP contribution in [0.15, 0.2) is 73.2 Å². The second kappa shape index (κ2) is 6.65. The molecule has 5 nitrogen and oxygen atoms in total. The molecule has 0 bridgehead atoms. The first-order valence-electron chi connectivity index (χ1n) is 8.24. The van der Waals surface area contributed by atoms with Crippen LogP contribution in [0.25, 0.3) is 16.6 Å². The number of benzene rings is 2. The average molecular weight is 330 g/mol. The average Bonchev–Trinajstić information content (AvgIpc) is 3.30. The first-order valence-corrected chi connectivity index (χ1v) is 8.24. The van der Waals surface area contributed by atoms with Crippen LogP contribution in [0, 0.1) is 0 Å². The number of carbonyl (C=O) groups excluding carboxylic acids is 1. The van der Waals surface area contributed by atoms with E-state index < -0.39 is 0 Å². The van der Waals surface area contributed by atoms with E-state index in [1.807, 2.05) is 48.7 Å². The van der Waals surface area contributed by atoms with Crippen LogP contribution in [-0.2, 0) is 6.42 Å². The number of fused-ring (bicyclic) bond motifs is 1. The molecule has 0 aliphatic carbocycles. The van der Waals surface area contributed by atoms with Crippen molar-refractivity contribution in [2.24, 2.45) is 0 Å². The Balaban J connectivity index is 1.39. The van der Waals surface area contributed by atoms with Crippen LogP contribution < -0.4 is 5.32 Å². The first kappa shape index (κ1) is 15.2. The van der Waals surface area contributed by atoms with Gasteiger partial charge in [0.15, 0.2) is 0 Å². The quantitative estimate of drug-likeness (QED) is 0.589. The van der Waals surface area contributed by atoms with Gasteiger partial charge < -0.3 is 10.3 Å². The third kappa shape index (κ3) is 3.17. The zero-order valence-electron chi connectivity index (χ0n) is 13.6. The second-order valence-electron chi connectivity index (χ2n) is 5.87. The Bertz CT molecular complexity index is 1000. The number of aromatic nitrogens is 3. The summed E-state index contributed by atoms with van der Waals surface area (Å²) >= 11 is 0. The molecule has 4 aromatic rings. The molecule has 4 rings (SSSR count). The normalized spacial score (nSPS) is 10.9. The highest BCUT2D eigenvalue weighted by Gasteiger charge is 2.09. The van der Waals surface area contributed by atoms with Gasteiger partial charge in [0.25, 0.3) is 5.91 Å². The molecule has 0 aliphatic rings. The molecule has 2 N–H and O–H groups in total. The lowest BCUT2D eigenvalue weighted by Crippen LogP contribution is -2.25. The summed E-state index contributed by atoms with van der Waals surface area (Å²) in [6, 6.07) is 17.9. The third-order valence-electron chi connectivity index (χ3n) is 4.22. The van der Waals surface area contributed by atoms with Gasteiger partial charge in [-0.05, 0) is 30.2 Å². The van der Waals surface area contributed by atoms with E-state index in [2.05, 4.69) is 27.5 Å². The molecule has 2 aromatic heterocycles. The summed E-state index contributed by atoms with van der Waals surface area (Å²) in [6.45, 7) is 0.581. The Morgan fingerprint density at radius 1 is 1.08 bits per heavy atom. The van der Waals surface area contributed by atoms with Crippen molar-refractivity contribution in [3.05, 3.63) is 84.3 Å². The summed E-state index contributed by atoms with van der Waals surface area (Å²) in [6.07, 6.45) is 6.12. The predicted octanol–water partition coefficient (Wildman–Crippen LogP) is 3.33. The number of hydrogen-bond acceptors (Lipinski definition) is 2. The van der Waals surface area contributed by atoms with E-state index in [-0.39, 0.29) is 5.91 Å². The molecule has 0 saturated carbocycles. The van der Waals surface area contributed by atoms with Crippen LogP contribution in [0.5, 0.6) is 0 Å². The standard InChI is InChI=1S/C20H18N4O/c25-20(16-13-23-24(14-16)17-6-2-1-3-7-17)21-11-10-15-12-22-19-9-5-4-8-18(15)19/h1-9,12-14,22H,10-11H2,(H,21,25). The largest absolute Gasteiger partial charge is 0.361 e. The summed E-state index contributed by atoms with van der Waals surface area (Å²) in [7, 11) is 0. The van der Waals surface area contributed by atoms with Crippen molar-refractivity contribution in [3.8, 4) is 5.69 Å². The van der Waals surface area contributed by atoms with E-state index in [9.17, 15) is 4.79 Å². The van der Waals surface area contributed by atoms with Gasteiger partial charge in [0.05, 0.1) is 17.4 Å². The molecule has 0 unspecified atom stereocenters. The predicted molar refractivity (Wildman–Crippen MR) is 97.9 cm³/mol. The summed E-state index contributed by atoms with van der Waals surface area (Å²) in [4.78, 5) is 15.6. The van der Waals surface area contributed by atoms with Crippen LogP contribution in [-0.4, -0.2) is 27.2 Å². The maximum Gasteiger partial charge on any atom is 0.254 e. The van der Waals surface area contributed by atoms with Crippen molar-refractivity contribution < 1.29 is 4.79 Å². The first-order chi connectivity index (χ1) is 12.3. The zero-order valence-corrected chi connectivity index (χ0v) is 13.6. The van der Waals surface area contributed by atoms with Gasteiger partial charge in [-0.1, -0.05) is 36.4 Å². The van der Waals surface area contributed by atoms with Crippen LogP contribution in [0.3, 0.4) is 0 Å². The molecule has 0 fully saturated rings. The molecule has 0 atom stereocenters. The topological polar surface area (TPSA) is 62.7 Å². The van der Waals surface area contributed by atoms with Gasteiger partial charge in [-0.3, -0.25) is 4.79 Å². The van der Waals surface area contributed by atoms with Crippen molar-refractivity contribution in [2.75, 3.05) is 6.54 Å². The molecule has 0 aliphatic heterocycles. The molecule has 25 heavy (non-hydrogen) atoms. The Morgan fingerprint density at radius 2 is 1.88 bits per heavy atom. The van der Waals surface area contributed by atoms with Crippen molar-refractivity contribution >= 4 is 16.8 Å². The number of rotatable bonds is 5. The zero-order chi connectivity index (χ0) is 17.1. The van der Waals surface area contributed by atoms with E-state index in [0.29, 0.717) is 12.1 Å². The van der Waals surface area contributed by atoms with Crippen molar-refractivity contribution in [2.45, 2.75) is 6.42 Å². The molecule has 2 heterocycles. The van der Waals surface area contributed by atoms with E-state index in [0.717, 1.165) is 17.6 Å². The number of para-hydroxylation sites is 2. The van der Waals surface area contributed by atoms with E-state index >= 15 is 0 Å². The van der Waals surface area contributed by atoms with Gasteiger partial charge in [-0.15, -0.1) is 0 Å². The van der Waals surface area contributed by atoms with Gasteiger partial charge in [0.2, 0.25) is 0 Å².